The average Bonchev–Trinajstić information content (AvgIpc) is 2.99. The summed E-state index contributed by atoms with van der Waals surface area (Å²) in [5.41, 5.74) is 8.53. The summed E-state index contributed by atoms with van der Waals surface area (Å²) in [6.07, 6.45) is 1.73. The van der Waals surface area contributed by atoms with Crippen molar-refractivity contribution in [3.8, 4) is 0 Å². The maximum Gasteiger partial charge on any atom is 0.0760 e. The Morgan fingerprint density at radius 1 is 1.22 bits per heavy atom. The zero-order valence-corrected chi connectivity index (χ0v) is 10.1. The number of rotatable bonds is 3. The van der Waals surface area contributed by atoms with Gasteiger partial charge in [-0.2, -0.15) is 0 Å². The Kier molecular flexibility index (Phi) is 3.19. The number of benzene rings is 1. The number of nitrogens with zero attached hydrogens (tertiary/aromatic N) is 1. The molecule has 1 unspecified atom stereocenters. The van der Waals surface area contributed by atoms with Gasteiger partial charge in [-0.05, 0) is 5.56 Å². The molecule has 1 saturated heterocycles. The first-order chi connectivity index (χ1) is 8.83. The number of hydrazine groups is 2. The summed E-state index contributed by atoms with van der Waals surface area (Å²) in [4.78, 5) is 0. The molecule has 0 aromatic heterocycles. The molecule has 2 aliphatic rings. The van der Waals surface area contributed by atoms with Crippen LogP contribution in [-0.4, -0.2) is 29.3 Å². The first-order valence-corrected chi connectivity index (χ1v) is 6.25. The summed E-state index contributed by atoms with van der Waals surface area (Å²) in [5, 5.41) is 15.0. The van der Waals surface area contributed by atoms with Crippen LogP contribution in [0.2, 0.25) is 0 Å². The first-order valence-electron chi connectivity index (χ1n) is 6.25. The molecule has 1 aromatic carbocycles. The molecule has 96 valence electrons. The molecule has 2 heterocycles. The van der Waals surface area contributed by atoms with Crippen molar-refractivity contribution in [3.05, 3.63) is 47.8 Å². The SMILES string of the molecule is O[C@H]1CNCC1C1=CN(Cc2ccccc2)NN1. The number of aliphatic hydroxyl groups is 1. The summed E-state index contributed by atoms with van der Waals surface area (Å²) < 4.78 is 0. The van der Waals surface area contributed by atoms with E-state index in [1.807, 2.05) is 29.4 Å². The van der Waals surface area contributed by atoms with Gasteiger partial charge in [-0.15, -0.1) is 5.53 Å². The second-order valence-corrected chi connectivity index (χ2v) is 4.77. The largest absolute Gasteiger partial charge is 0.391 e. The van der Waals surface area contributed by atoms with Crippen molar-refractivity contribution in [1.82, 2.24) is 21.3 Å². The minimum atomic E-state index is -0.303. The molecule has 1 aromatic rings. The zero-order valence-electron chi connectivity index (χ0n) is 10.1. The van der Waals surface area contributed by atoms with E-state index in [2.05, 4.69) is 28.4 Å². The fraction of sp³-hybridized carbons (Fsp3) is 0.385. The van der Waals surface area contributed by atoms with Crippen molar-refractivity contribution >= 4 is 0 Å². The lowest BCUT2D eigenvalue weighted by molar-refractivity contribution is 0.159. The third-order valence-electron chi connectivity index (χ3n) is 3.42. The molecule has 0 saturated carbocycles. The molecule has 0 aliphatic carbocycles. The molecule has 0 amide bonds. The highest BCUT2D eigenvalue weighted by Crippen LogP contribution is 2.19. The minimum Gasteiger partial charge on any atom is -0.391 e. The van der Waals surface area contributed by atoms with Crippen molar-refractivity contribution in [3.63, 3.8) is 0 Å². The van der Waals surface area contributed by atoms with Crippen molar-refractivity contribution in [2.24, 2.45) is 5.92 Å². The fourth-order valence-electron chi connectivity index (χ4n) is 2.40. The maximum atomic E-state index is 9.84. The van der Waals surface area contributed by atoms with E-state index in [9.17, 15) is 5.11 Å². The van der Waals surface area contributed by atoms with E-state index in [1.165, 1.54) is 5.56 Å². The van der Waals surface area contributed by atoms with E-state index < -0.39 is 0 Å². The van der Waals surface area contributed by atoms with Gasteiger partial charge in [-0.1, -0.05) is 30.3 Å². The smallest absolute Gasteiger partial charge is 0.0760 e. The maximum absolute atomic E-state index is 9.84. The average molecular weight is 246 g/mol. The van der Waals surface area contributed by atoms with Gasteiger partial charge in [-0.3, -0.25) is 5.01 Å². The normalized spacial score (nSPS) is 27.2. The molecule has 1 fully saturated rings. The Hall–Kier alpha value is -1.56. The lowest BCUT2D eigenvalue weighted by Gasteiger charge is -2.15. The number of hydrogen-bond donors (Lipinski definition) is 4. The van der Waals surface area contributed by atoms with Gasteiger partial charge in [-0.25, -0.2) is 0 Å². The van der Waals surface area contributed by atoms with Crippen LogP contribution >= 0.6 is 0 Å². The predicted octanol–water partition coefficient (Wildman–Crippen LogP) is -0.0669. The van der Waals surface area contributed by atoms with Gasteiger partial charge in [0.05, 0.1) is 18.3 Å². The molecular formula is C13H18N4O. The summed E-state index contributed by atoms with van der Waals surface area (Å²) >= 11 is 0. The van der Waals surface area contributed by atoms with Crippen LogP contribution in [0.15, 0.2) is 42.2 Å². The van der Waals surface area contributed by atoms with Crippen LogP contribution in [0.3, 0.4) is 0 Å². The van der Waals surface area contributed by atoms with Crippen molar-refractivity contribution < 1.29 is 5.11 Å². The minimum absolute atomic E-state index is 0.151. The summed E-state index contributed by atoms with van der Waals surface area (Å²) in [7, 11) is 0. The van der Waals surface area contributed by atoms with Crippen LogP contribution in [0.1, 0.15) is 5.56 Å². The number of β-amino-alcohol motifs (C(OH)–C–C–N with tert-alkyl or cyclic N) is 1. The second kappa shape index (κ2) is 4.97. The number of hydrogen-bond acceptors (Lipinski definition) is 5. The van der Waals surface area contributed by atoms with Gasteiger partial charge in [0.2, 0.25) is 0 Å². The van der Waals surface area contributed by atoms with Crippen LogP contribution < -0.4 is 16.3 Å². The van der Waals surface area contributed by atoms with Crippen LogP contribution in [0.4, 0.5) is 0 Å². The number of aliphatic hydroxyl groups excluding tert-OH is 1. The molecular weight excluding hydrogens is 228 g/mol. The molecule has 0 spiro atoms. The molecule has 4 N–H and O–H groups in total. The Bertz CT molecular complexity index is 434. The molecule has 5 heteroatoms. The molecule has 3 rings (SSSR count). The quantitative estimate of drug-likeness (QED) is 0.602. The number of nitrogens with one attached hydrogen (secondary N) is 3. The summed E-state index contributed by atoms with van der Waals surface area (Å²) in [6.45, 7) is 2.29. The lowest BCUT2D eigenvalue weighted by Crippen LogP contribution is -2.37. The fourth-order valence-corrected chi connectivity index (χ4v) is 2.40. The summed E-state index contributed by atoms with van der Waals surface area (Å²) in [5.74, 6) is 0.151. The Morgan fingerprint density at radius 3 is 2.78 bits per heavy atom. The standard InChI is InChI=1S/C13H18N4O/c18-13-7-14-6-11(13)12-9-17(16-15-12)8-10-4-2-1-3-5-10/h1-5,9,11,13-16,18H,6-8H2/t11?,13-/m0/s1. The van der Waals surface area contributed by atoms with Gasteiger partial charge in [0.15, 0.2) is 0 Å². The third kappa shape index (κ3) is 2.33. The molecule has 0 bridgehead atoms. The van der Waals surface area contributed by atoms with E-state index in [1.54, 1.807) is 0 Å². The van der Waals surface area contributed by atoms with E-state index >= 15 is 0 Å². The van der Waals surface area contributed by atoms with Gasteiger partial charge < -0.3 is 15.8 Å². The highest BCUT2D eigenvalue weighted by molar-refractivity contribution is 5.17. The van der Waals surface area contributed by atoms with Gasteiger partial charge in [0, 0.05) is 25.2 Å². The van der Waals surface area contributed by atoms with E-state index in [0.717, 1.165) is 18.8 Å². The van der Waals surface area contributed by atoms with Crippen molar-refractivity contribution in [2.75, 3.05) is 13.1 Å². The van der Waals surface area contributed by atoms with Gasteiger partial charge in [0.1, 0.15) is 0 Å². The third-order valence-corrected chi connectivity index (χ3v) is 3.42. The molecule has 2 aliphatic heterocycles. The van der Waals surface area contributed by atoms with Crippen LogP contribution in [-0.2, 0) is 6.54 Å². The second-order valence-electron chi connectivity index (χ2n) is 4.77. The van der Waals surface area contributed by atoms with Gasteiger partial charge in [0.25, 0.3) is 0 Å². The molecule has 18 heavy (non-hydrogen) atoms. The van der Waals surface area contributed by atoms with Crippen molar-refractivity contribution in [2.45, 2.75) is 12.6 Å². The Labute approximate surface area is 106 Å². The predicted molar refractivity (Wildman–Crippen MR) is 68.7 cm³/mol. The lowest BCUT2D eigenvalue weighted by atomic mass is 10.0. The van der Waals surface area contributed by atoms with Crippen molar-refractivity contribution in [1.29, 1.82) is 0 Å². The van der Waals surface area contributed by atoms with Crippen LogP contribution in [0.25, 0.3) is 0 Å². The first kappa shape index (κ1) is 11.5. The Balaban J connectivity index is 1.65. The van der Waals surface area contributed by atoms with Gasteiger partial charge >= 0.3 is 0 Å². The molecule has 2 atom stereocenters. The monoisotopic (exact) mass is 246 g/mol. The topological polar surface area (TPSA) is 59.6 Å². The zero-order chi connectivity index (χ0) is 12.4. The van der Waals surface area contributed by atoms with E-state index in [0.29, 0.717) is 6.54 Å². The highest BCUT2D eigenvalue weighted by Gasteiger charge is 2.30. The van der Waals surface area contributed by atoms with E-state index in [-0.39, 0.29) is 12.0 Å². The molecule has 5 nitrogen and oxygen atoms in total. The Morgan fingerprint density at radius 2 is 2.06 bits per heavy atom. The van der Waals surface area contributed by atoms with E-state index in [4.69, 9.17) is 0 Å². The molecule has 0 radical (unpaired) electrons. The van der Waals surface area contributed by atoms with Crippen LogP contribution in [0.5, 0.6) is 0 Å². The summed E-state index contributed by atoms with van der Waals surface area (Å²) in [6, 6.07) is 10.3. The highest BCUT2D eigenvalue weighted by atomic mass is 16.3. The van der Waals surface area contributed by atoms with Crippen LogP contribution in [0, 0.1) is 5.92 Å².